The Hall–Kier alpha value is -2.42. The van der Waals surface area contributed by atoms with E-state index in [0.29, 0.717) is 6.61 Å². The van der Waals surface area contributed by atoms with Crippen LogP contribution in [0.4, 0.5) is 4.39 Å². The summed E-state index contributed by atoms with van der Waals surface area (Å²) in [4.78, 5) is 0. The van der Waals surface area contributed by atoms with Gasteiger partial charge in [-0.05, 0) is 30.5 Å². The topological polar surface area (TPSA) is 72.5 Å². The first kappa shape index (κ1) is 30.5. The predicted octanol–water partition coefficient (Wildman–Crippen LogP) is 6.70. The lowest BCUT2D eigenvalue weighted by Crippen LogP contribution is -2.41. The molecule has 5 atom stereocenters. The summed E-state index contributed by atoms with van der Waals surface area (Å²) in [5.74, 6) is -2.09. The lowest BCUT2D eigenvalue weighted by molar-refractivity contribution is -0.0902. The zero-order chi connectivity index (χ0) is 28.2. The smallest absolute Gasteiger partial charge is 0.367 e. The van der Waals surface area contributed by atoms with E-state index in [-0.39, 0.29) is 33.0 Å². The lowest BCUT2D eigenvalue weighted by atomic mass is 10.1. The summed E-state index contributed by atoms with van der Waals surface area (Å²) in [5.41, 5.74) is 2.85. The van der Waals surface area contributed by atoms with Crippen LogP contribution in [0.3, 0.4) is 0 Å². The molecule has 1 aliphatic heterocycles. The highest BCUT2D eigenvalue weighted by Crippen LogP contribution is 2.57. The van der Waals surface area contributed by atoms with Gasteiger partial charge in [-0.1, -0.05) is 91.0 Å². The van der Waals surface area contributed by atoms with Gasteiger partial charge < -0.3 is 28.0 Å². The number of ether oxygens (including phenoxy) is 4. The summed E-state index contributed by atoms with van der Waals surface area (Å²) in [7, 11) is -4.16. The van der Waals surface area contributed by atoms with Crippen molar-refractivity contribution in [2.24, 2.45) is 0 Å². The molecule has 0 radical (unpaired) electrons. The molecule has 0 aromatic heterocycles. The first-order valence-electron chi connectivity index (χ1n) is 13.6. The van der Waals surface area contributed by atoms with E-state index in [0.717, 1.165) is 16.7 Å². The number of hydrogen-bond donors (Lipinski definition) is 0. The molecule has 7 nitrogen and oxygen atoms in total. The molecule has 9 heteroatoms. The number of alkyl halides is 1. The number of hydrogen-bond acceptors (Lipinski definition) is 7. The molecule has 1 fully saturated rings. The van der Waals surface area contributed by atoms with E-state index in [2.05, 4.69) is 0 Å². The fourth-order valence-corrected chi connectivity index (χ4v) is 6.30. The molecule has 1 unspecified atom stereocenters. The first-order chi connectivity index (χ1) is 19.5. The monoisotopic (exact) mass is 572 g/mol. The second-order valence-electron chi connectivity index (χ2n) is 9.41. The van der Waals surface area contributed by atoms with Crippen molar-refractivity contribution in [3.05, 3.63) is 108 Å². The maximum absolute atomic E-state index is 16.2. The summed E-state index contributed by atoms with van der Waals surface area (Å²) in [6.07, 6.45) is -3.56. The van der Waals surface area contributed by atoms with Crippen LogP contribution in [-0.2, 0) is 52.4 Å². The number of rotatable bonds is 16. The Balaban J connectivity index is 1.59. The quantitative estimate of drug-likeness (QED) is 0.177. The van der Waals surface area contributed by atoms with Crippen molar-refractivity contribution in [2.75, 3.05) is 19.8 Å². The summed E-state index contributed by atoms with van der Waals surface area (Å²) in [5, 5.41) is 0. The normalized spacial score (nSPS) is 21.9. The summed E-state index contributed by atoms with van der Waals surface area (Å²) in [6.45, 7) is 4.25. The van der Waals surface area contributed by atoms with Gasteiger partial charge in [0.2, 0.25) is 5.91 Å². The van der Waals surface area contributed by atoms with Crippen molar-refractivity contribution in [1.29, 1.82) is 0 Å². The van der Waals surface area contributed by atoms with Gasteiger partial charge >= 0.3 is 7.60 Å². The SMILES string of the molecule is CCOP(=O)(OCC)C(F)[C@@H]1O[C@H](COCc2ccccc2)[C@@H](OCc2ccccc2)[C@@H]1OCc1ccccc1. The van der Waals surface area contributed by atoms with Crippen molar-refractivity contribution < 1.29 is 37.0 Å². The average Bonchev–Trinajstić information content (AvgIpc) is 3.33. The third-order valence-electron chi connectivity index (χ3n) is 6.50. The van der Waals surface area contributed by atoms with Gasteiger partial charge in [0.05, 0.1) is 39.6 Å². The molecule has 0 bridgehead atoms. The fourth-order valence-electron chi connectivity index (χ4n) is 4.62. The fraction of sp³-hybridized carbons (Fsp3) is 0.419. The third-order valence-corrected chi connectivity index (χ3v) is 8.64. The van der Waals surface area contributed by atoms with E-state index in [4.69, 9.17) is 28.0 Å². The Kier molecular flexibility index (Phi) is 11.9. The van der Waals surface area contributed by atoms with Crippen LogP contribution >= 0.6 is 7.60 Å². The standard InChI is InChI=1S/C31H38FO7P/c1-3-37-40(33,38-4-2)31(32)30-29(36-22-26-18-12-7-13-19-26)28(35-21-25-16-10-6-11-17-25)27(39-30)23-34-20-24-14-8-5-9-15-24/h5-19,27-31H,3-4,20-23H2,1-2H3/t27-,28-,29+,30-,31?/m1/s1. The van der Waals surface area contributed by atoms with Crippen molar-refractivity contribution in [2.45, 2.75) is 64.0 Å². The van der Waals surface area contributed by atoms with E-state index in [9.17, 15) is 4.57 Å². The van der Waals surface area contributed by atoms with Crippen LogP contribution < -0.4 is 0 Å². The molecule has 0 saturated carbocycles. The third kappa shape index (κ3) is 8.30. The Labute approximate surface area is 236 Å². The van der Waals surface area contributed by atoms with Crippen LogP contribution in [0, 0.1) is 0 Å². The number of halogens is 1. The van der Waals surface area contributed by atoms with E-state index in [1.165, 1.54) is 0 Å². The largest absolute Gasteiger partial charge is 0.374 e. The van der Waals surface area contributed by atoms with Crippen LogP contribution in [0.2, 0.25) is 0 Å². The van der Waals surface area contributed by atoms with Gasteiger partial charge in [0.15, 0.2) is 0 Å². The maximum atomic E-state index is 16.2. The molecule has 0 N–H and O–H groups in total. The molecule has 216 valence electrons. The predicted molar refractivity (Wildman–Crippen MR) is 151 cm³/mol. The van der Waals surface area contributed by atoms with Crippen LogP contribution in [0.25, 0.3) is 0 Å². The van der Waals surface area contributed by atoms with E-state index >= 15 is 4.39 Å². The molecular formula is C31H38FO7P. The number of benzene rings is 3. The van der Waals surface area contributed by atoms with Gasteiger partial charge in [0.1, 0.15) is 24.4 Å². The minimum absolute atomic E-state index is 0.0253. The van der Waals surface area contributed by atoms with Crippen LogP contribution in [0.1, 0.15) is 30.5 Å². The summed E-state index contributed by atoms with van der Waals surface area (Å²) >= 11 is 0. The maximum Gasteiger partial charge on any atom is 0.367 e. The molecule has 1 heterocycles. The van der Waals surface area contributed by atoms with E-state index in [1.54, 1.807) is 13.8 Å². The first-order valence-corrected chi connectivity index (χ1v) is 15.3. The second kappa shape index (κ2) is 15.5. The molecular weight excluding hydrogens is 534 g/mol. The van der Waals surface area contributed by atoms with Crippen molar-refractivity contribution >= 4 is 7.60 Å². The molecule has 0 amide bonds. The minimum atomic E-state index is -4.16. The summed E-state index contributed by atoms with van der Waals surface area (Å²) < 4.78 is 65.2. The van der Waals surface area contributed by atoms with Crippen molar-refractivity contribution in [1.82, 2.24) is 0 Å². The van der Waals surface area contributed by atoms with Gasteiger partial charge in [-0.25, -0.2) is 4.39 Å². The highest BCUT2D eigenvalue weighted by Gasteiger charge is 2.55. The molecule has 0 spiro atoms. The average molecular weight is 573 g/mol. The zero-order valence-electron chi connectivity index (χ0n) is 23.0. The Morgan fingerprint density at radius 2 is 1.18 bits per heavy atom. The van der Waals surface area contributed by atoms with Crippen LogP contribution in [0.5, 0.6) is 0 Å². The van der Waals surface area contributed by atoms with Gasteiger partial charge in [0, 0.05) is 0 Å². The minimum Gasteiger partial charge on any atom is -0.374 e. The van der Waals surface area contributed by atoms with Gasteiger partial charge in [0.25, 0.3) is 0 Å². The van der Waals surface area contributed by atoms with Gasteiger partial charge in [-0.2, -0.15) is 0 Å². The molecule has 1 saturated heterocycles. The molecule has 40 heavy (non-hydrogen) atoms. The van der Waals surface area contributed by atoms with Gasteiger partial charge in [-0.15, -0.1) is 0 Å². The van der Waals surface area contributed by atoms with Gasteiger partial charge in [-0.3, -0.25) is 4.57 Å². The van der Waals surface area contributed by atoms with Crippen LogP contribution in [-0.4, -0.2) is 50.1 Å². The molecule has 1 aliphatic rings. The summed E-state index contributed by atoms with van der Waals surface area (Å²) in [6, 6.07) is 29.0. The van der Waals surface area contributed by atoms with Crippen molar-refractivity contribution in [3.63, 3.8) is 0 Å². The Morgan fingerprint density at radius 3 is 1.65 bits per heavy atom. The van der Waals surface area contributed by atoms with Crippen molar-refractivity contribution in [3.8, 4) is 0 Å². The second-order valence-corrected chi connectivity index (χ2v) is 11.5. The molecule has 3 aromatic carbocycles. The molecule has 4 rings (SSSR count). The highest BCUT2D eigenvalue weighted by atomic mass is 31.2. The lowest BCUT2D eigenvalue weighted by Gasteiger charge is -2.29. The van der Waals surface area contributed by atoms with E-state index in [1.807, 2.05) is 91.0 Å². The van der Waals surface area contributed by atoms with Crippen LogP contribution in [0.15, 0.2) is 91.0 Å². The van der Waals surface area contributed by atoms with E-state index < -0.39 is 37.9 Å². The zero-order valence-corrected chi connectivity index (χ0v) is 23.9. The molecule has 3 aromatic rings. The Morgan fingerprint density at radius 1 is 0.725 bits per heavy atom. The Bertz CT molecular complexity index is 1160. The molecule has 0 aliphatic carbocycles. The highest BCUT2D eigenvalue weighted by molar-refractivity contribution is 7.54.